The number of hydrogen-bond acceptors (Lipinski definition) is 5. The van der Waals surface area contributed by atoms with Crippen molar-refractivity contribution < 1.29 is 27.1 Å². The summed E-state index contributed by atoms with van der Waals surface area (Å²) in [6.07, 6.45) is -1.06. The molecule has 1 unspecified atom stereocenters. The van der Waals surface area contributed by atoms with Crippen LogP contribution in [0.1, 0.15) is 34.0 Å². The van der Waals surface area contributed by atoms with Gasteiger partial charge in [0.2, 0.25) is 15.8 Å². The van der Waals surface area contributed by atoms with Crippen molar-refractivity contribution in [3.05, 3.63) is 64.5 Å². The van der Waals surface area contributed by atoms with Crippen LogP contribution in [0.15, 0.2) is 41.3 Å². The molecule has 0 saturated heterocycles. The van der Waals surface area contributed by atoms with E-state index in [4.69, 9.17) is 4.74 Å². The van der Waals surface area contributed by atoms with Crippen molar-refractivity contribution in [1.82, 2.24) is 4.31 Å². The zero-order valence-electron chi connectivity index (χ0n) is 17.0. The van der Waals surface area contributed by atoms with Gasteiger partial charge in [0, 0.05) is 12.6 Å². The molecule has 0 aliphatic carbocycles. The third-order valence-corrected chi connectivity index (χ3v) is 6.47. The molecule has 0 fully saturated rings. The van der Waals surface area contributed by atoms with Gasteiger partial charge in [-0.1, -0.05) is 6.07 Å². The van der Waals surface area contributed by atoms with Gasteiger partial charge in [0.25, 0.3) is 0 Å². The van der Waals surface area contributed by atoms with E-state index in [1.54, 1.807) is 13.0 Å². The predicted octanol–water partition coefficient (Wildman–Crippen LogP) is 3.19. The van der Waals surface area contributed by atoms with Gasteiger partial charge >= 0.3 is 5.97 Å². The number of sulfonamides is 1. The second-order valence-corrected chi connectivity index (χ2v) is 9.01. The molecule has 2 rings (SSSR count). The molecule has 0 bridgehead atoms. The lowest BCUT2D eigenvalue weighted by molar-refractivity contribution is -0.146. The number of Topliss-reactive ketones (excluding diaryl/α,β-unsaturated/α-hetero) is 1. The number of carbonyl (C=O) groups excluding carboxylic acids is 2. The molecule has 0 spiro atoms. The quantitative estimate of drug-likeness (QED) is 0.507. The van der Waals surface area contributed by atoms with E-state index in [9.17, 15) is 22.4 Å². The lowest BCUT2D eigenvalue weighted by Gasteiger charge is -2.19. The van der Waals surface area contributed by atoms with Gasteiger partial charge in [0.05, 0.1) is 4.90 Å². The van der Waals surface area contributed by atoms with Crippen molar-refractivity contribution in [2.24, 2.45) is 0 Å². The summed E-state index contributed by atoms with van der Waals surface area (Å²) in [5, 5.41) is 0. The number of carbonyl (C=O) groups is 2. The van der Waals surface area contributed by atoms with Crippen LogP contribution in [0.2, 0.25) is 0 Å². The molecule has 0 heterocycles. The molecule has 0 aromatic heterocycles. The number of likely N-dealkylation sites (N-methyl/N-ethyl adjacent to an activating group) is 1. The maximum atomic E-state index is 13.0. The number of ketones is 1. The molecule has 6 nitrogen and oxygen atoms in total. The predicted molar refractivity (Wildman–Crippen MR) is 107 cm³/mol. The topological polar surface area (TPSA) is 80.8 Å². The summed E-state index contributed by atoms with van der Waals surface area (Å²) >= 11 is 0. The molecule has 156 valence electrons. The number of rotatable bonds is 7. The lowest BCUT2D eigenvalue weighted by Crippen LogP contribution is -2.35. The molecule has 1 atom stereocenters. The van der Waals surface area contributed by atoms with Crippen molar-refractivity contribution in [2.45, 2.75) is 38.7 Å². The first-order valence-electron chi connectivity index (χ1n) is 8.97. The monoisotopic (exact) mass is 421 g/mol. The Balaban J connectivity index is 2.07. The zero-order chi connectivity index (χ0) is 21.9. The maximum absolute atomic E-state index is 13.0. The van der Waals surface area contributed by atoms with Crippen LogP contribution in [0.4, 0.5) is 4.39 Å². The Morgan fingerprint density at radius 2 is 1.59 bits per heavy atom. The van der Waals surface area contributed by atoms with Gasteiger partial charge in [-0.05, 0) is 74.7 Å². The smallest absolute Gasteiger partial charge is 0.322 e. The standard InChI is InChI=1S/C21H24FNO5S/c1-13-10-15(3)19(11-14(13)2)21(25)16(4)28-20(24)12-23(5)29(26,27)18-8-6-17(22)7-9-18/h6-11,16H,12H2,1-5H3. The number of nitrogens with zero attached hydrogens (tertiary/aromatic N) is 1. The molecule has 29 heavy (non-hydrogen) atoms. The van der Waals surface area contributed by atoms with Crippen molar-refractivity contribution >= 4 is 21.8 Å². The van der Waals surface area contributed by atoms with Gasteiger partial charge in [0.1, 0.15) is 12.4 Å². The highest BCUT2D eigenvalue weighted by atomic mass is 32.2. The first-order valence-corrected chi connectivity index (χ1v) is 10.4. The van der Waals surface area contributed by atoms with Gasteiger partial charge < -0.3 is 4.74 Å². The molecule has 0 N–H and O–H groups in total. The van der Waals surface area contributed by atoms with Gasteiger partial charge in [0.15, 0.2) is 6.10 Å². The van der Waals surface area contributed by atoms with E-state index in [1.165, 1.54) is 14.0 Å². The molecule has 8 heteroatoms. The van der Waals surface area contributed by atoms with Crippen molar-refractivity contribution in [3.63, 3.8) is 0 Å². The van der Waals surface area contributed by atoms with E-state index < -0.39 is 34.5 Å². The molecule has 2 aromatic rings. The fraction of sp³-hybridized carbons (Fsp3) is 0.333. The minimum Gasteiger partial charge on any atom is -0.453 e. The summed E-state index contributed by atoms with van der Waals surface area (Å²) in [5.74, 6) is -1.79. The van der Waals surface area contributed by atoms with Crippen molar-refractivity contribution in [3.8, 4) is 0 Å². The van der Waals surface area contributed by atoms with E-state index in [1.807, 2.05) is 19.9 Å². The van der Waals surface area contributed by atoms with Gasteiger partial charge in [-0.2, -0.15) is 4.31 Å². The van der Waals surface area contributed by atoms with Crippen LogP contribution in [0, 0.1) is 26.6 Å². The number of benzene rings is 2. The highest BCUT2D eigenvalue weighted by Gasteiger charge is 2.26. The summed E-state index contributed by atoms with van der Waals surface area (Å²) in [7, 11) is -2.79. The summed E-state index contributed by atoms with van der Waals surface area (Å²) in [6, 6.07) is 7.91. The van der Waals surface area contributed by atoms with Gasteiger partial charge in [-0.3, -0.25) is 9.59 Å². The van der Waals surface area contributed by atoms with Gasteiger partial charge in [-0.25, -0.2) is 12.8 Å². The van der Waals surface area contributed by atoms with Gasteiger partial charge in [-0.15, -0.1) is 0 Å². The minimum atomic E-state index is -4.00. The van der Waals surface area contributed by atoms with Crippen LogP contribution in [0.3, 0.4) is 0 Å². The number of hydrogen-bond donors (Lipinski definition) is 0. The molecule has 2 aromatic carbocycles. The summed E-state index contributed by atoms with van der Waals surface area (Å²) in [4.78, 5) is 24.7. The zero-order valence-corrected chi connectivity index (χ0v) is 17.8. The Morgan fingerprint density at radius 1 is 1.03 bits per heavy atom. The maximum Gasteiger partial charge on any atom is 0.322 e. The Labute approximate surface area is 170 Å². The highest BCUT2D eigenvalue weighted by molar-refractivity contribution is 7.89. The first kappa shape index (κ1) is 22.7. The summed E-state index contributed by atoms with van der Waals surface area (Å²) in [5.41, 5.74) is 3.23. The fourth-order valence-corrected chi connectivity index (χ4v) is 3.90. The molecule has 0 saturated carbocycles. The van der Waals surface area contributed by atoms with Crippen molar-refractivity contribution in [2.75, 3.05) is 13.6 Å². The SMILES string of the molecule is Cc1cc(C)c(C(=O)C(C)OC(=O)CN(C)S(=O)(=O)c2ccc(F)cc2)cc1C. The Hall–Kier alpha value is -2.58. The molecular formula is C21H24FNO5S. The van der Waals surface area contributed by atoms with Crippen LogP contribution in [-0.4, -0.2) is 44.2 Å². The average molecular weight is 421 g/mol. The molecule has 0 aliphatic heterocycles. The van der Waals surface area contributed by atoms with Crippen molar-refractivity contribution in [1.29, 1.82) is 0 Å². The number of esters is 1. The van der Waals surface area contributed by atoms with E-state index >= 15 is 0 Å². The Morgan fingerprint density at radius 3 is 2.17 bits per heavy atom. The fourth-order valence-electron chi connectivity index (χ4n) is 2.79. The largest absolute Gasteiger partial charge is 0.453 e. The second-order valence-electron chi connectivity index (χ2n) is 6.96. The van der Waals surface area contributed by atoms with E-state index in [0.717, 1.165) is 45.3 Å². The third kappa shape index (κ3) is 5.27. The van der Waals surface area contributed by atoms with E-state index in [0.29, 0.717) is 5.56 Å². The summed E-state index contributed by atoms with van der Waals surface area (Å²) in [6.45, 7) is 6.50. The van der Waals surface area contributed by atoms with Crippen LogP contribution in [0.5, 0.6) is 0 Å². The average Bonchev–Trinajstić information content (AvgIpc) is 2.64. The molecule has 0 amide bonds. The summed E-state index contributed by atoms with van der Waals surface area (Å²) < 4.78 is 43.9. The van der Waals surface area contributed by atoms with Crippen LogP contribution >= 0.6 is 0 Å². The second kappa shape index (κ2) is 8.84. The number of aryl methyl sites for hydroxylation is 3. The number of halogens is 1. The minimum absolute atomic E-state index is 0.149. The van der Waals surface area contributed by atoms with E-state index in [-0.39, 0.29) is 10.7 Å². The third-order valence-electron chi connectivity index (χ3n) is 4.66. The molecule has 0 aliphatic rings. The Kier molecular flexibility index (Phi) is 6.92. The number of ether oxygens (including phenoxy) is 1. The molecule has 0 radical (unpaired) electrons. The molecular weight excluding hydrogens is 397 g/mol. The first-order chi connectivity index (χ1) is 13.4. The normalized spacial score (nSPS) is 12.7. The highest BCUT2D eigenvalue weighted by Crippen LogP contribution is 2.19. The van der Waals surface area contributed by atoms with Crippen LogP contribution in [-0.2, 0) is 19.6 Å². The van der Waals surface area contributed by atoms with E-state index in [2.05, 4.69) is 0 Å². The lowest BCUT2D eigenvalue weighted by atomic mass is 9.96. The van der Waals surface area contributed by atoms with Crippen LogP contribution < -0.4 is 0 Å². The Bertz CT molecular complexity index is 1030. The van der Waals surface area contributed by atoms with Crippen LogP contribution in [0.25, 0.3) is 0 Å².